The predicted octanol–water partition coefficient (Wildman–Crippen LogP) is 2.67. The second-order valence-electron chi connectivity index (χ2n) is 17.7. The molecule has 262 valence electrons. The van der Waals surface area contributed by atoms with Gasteiger partial charge < -0.3 is 31.3 Å². The molecule has 0 bridgehead atoms. The Morgan fingerprint density at radius 2 is 1.36 bits per heavy atom. The monoisotopic (exact) mass is 657 g/mol. The molecule has 0 radical (unpaired) electrons. The Hall–Kier alpha value is -3.18. The van der Waals surface area contributed by atoms with Crippen LogP contribution in [0.1, 0.15) is 100 Å². The number of esters is 1. The van der Waals surface area contributed by atoms with Crippen LogP contribution in [-0.4, -0.2) is 77.2 Å². The van der Waals surface area contributed by atoms with Gasteiger partial charge >= 0.3 is 12.0 Å². The van der Waals surface area contributed by atoms with Gasteiger partial charge in [0.2, 0.25) is 17.6 Å². The largest absolute Gasteiger partial charge is 0.460 e. The third-order valence-corrected chi connectivity index (χ3v) is 11.1. The van der Waals surface area contributed by atoms with Crippen molar-refractivity contribution in [2.24, 2.45) is 51.6 Å². The lowest BCUT2D eigenvalue weighted by Crippen LogP contribution is -2.62. The Morgan fingerprint density at radius 1 is 0.830 bits per heavy atom. The summed E-state index contributed by atoms with van der Waals surface area (Å²) in [5.74, 6) is -2.38. The molecule has 47 heavy (non-hydrogen) atoms. The van der Waals surface area contributed by atoms with Gasteiger partial charge in [0.05, 0.1) is 6.04 Å². The Labute approximate surface area is 278 Å². The van der Waals surface area contributed by atoms with Gasteiger partial charge in [-0.15, -0.1) is 0 Å². The van der Waals surface area contributed by atoms with Crippen molar-refractivity contribution in [3.8, 4) is 0 Å². The Bertz CT molecular complexity index is 1290. The first-order chi connectivity index (χ1) is 21.7. The number of rotatable bonds is 13. The van der Waals surface area contributed by atoms with E-state index in [9.17, 15) is 28.8 Å². The van der Waals surface area contributed by atoms with Crippen molar-refractivity contribution in [1.82, 2.24) is 20.9 Å². The summed E-state index contributed by atoms with van der Waals surface area (Å²) < 4.78 is 6.00. The zero-order valence-electron chi connectivity index (χ0n) is 29.3. The molecule has 0 aromatic heterocycles. The molecule has 12 heteroatoms. The van der Waals surface area contributed by atoms with Crippen LogP contribution >= 0.6 is 0 Å². The van der Waals surface area contributed by atoms with E-state index in [1.807, 2.05) is 41.5 Å². The lowest BCUT2D eigenvalue weighted by Gasteiger charge is -2.38. The molecule has 5 N–H and O–H groups in total. The van der Waals surface area contributed by atoms with Crippen LogP contribution in [0.25, 0.3) is 0 Å². The molecular weight excluding hydrogens is 602 g/mol. The Balaban J connectivity index is 1.30. The van der Waals surface area contributed by atoms with Gasteiger partial charge in [-0.2, -0.15) is 0 Å². The Morgan fingerprint density at radius 3 is 1.83 bits per heavy atom. The molecule has 0 spiro atoms. The fourth-order valence-electron chi connectivity index (χ4n) is 7.54. The number of ether oxygens (including phenoxy) is 1. The summed E-state index contributed by atoms with van der Waals surface area (Å²) in [5, 5.41) is 8.42. The minimum atomic E-state index is -1.10. The van der Waals surface area contributed by atoms with E-state index in [4.69, 9.17) is 10.5 Å². The second-order valence-corrected chi connectivity index (χ2v) is 17.7. The van der Waals surface area contributed by atoms with Crippen LogP contribution in [0.3, 0.4) is 0 Å². The number of nitrogens with zero attached hydrogens (tertiary/aromatic N) is 1. The van der Waals surface area contributed by atoms with Crippen LogP contribution in [0.15, 0.2) is 0 Å². The molecule has 1 saturated heterocycles. The number of piperidine rings is 1. The van der Waals surface area contributed by atoms with Gasteiger partial charge in [-0.1, -0.05) is 68.2 Å². The summed E-state index contributed by atoms with van der Waals surface area (Å²) in [5.41, 5.74) is 3.70. The van der Waals surface area contributed by atoms with E-state index in [-0.39, 0.29) is 29.3 Å². The number of nitrogens with one attached hydrogen (secondary N) is 3. The molecule has 5 fully saturated rings. The molecule has 0 aromatic carbocycles. The molecule has 1 heterocycles. The first-order valence-electron chi connectivity index (χ1n) is 17.4. The molecule has 1 unspecified atom stereocenters. The van der Waals surface area contributed by atoms with Crippen LogP contribution in [-0.2, 0) is 28.7 Å². The number of primary amides is 1. The lowest BCUT2D eigenvalue weighted by atomic mass is 9.85. The number of nitrogens with two attached hydrogens (primary N) is 1. The van der Waals surface area contributed by atoms with E-state index in [0.29, 0.717) is 24.8 Å². The van der Waals surface area contributed by atoms with Gasteiger partial charge in [0, 0.05) is 6.54 Å². The van der Waals surface area contributed by atoms with E-state index >= 15 is 0 Å². The first-order valence-corrected chi connectivity index (χ1v) is 17.4. The molecule has 5 rings (SSSR count). The van der Waals surface area contributed by atoms with Crippen molar-refractivity contribution < 1.29 is 33.5 Å². The van der Waals surface area contributed by atoms with Gasteiger partial charge in [0.25, 0.3) is 5.91 Å². The average Bonchev–Trinajstić information content (AvgIpc) is 3.75. The van der Waals surface area contributed by atoms with Crippen molar-refractivity contribution in [2.45, 2.75) is 131 Å². The smallest absolute Gasteiger partial charge is 0.329 e. The van der Waals surface area contributed by atoms with Gasteiger partial charge in [-0.25, -0.2) is 9.59 Å². The van der Waals surface area contributed by atoms with Gasteiger partial charge in [-0.3, -0.25) is 19.2 Å². The van der Waals surface area contributed by atoms with Crippen LogP contribution in [0.5, 0.6) is 0 Å². The molecule has 0 aromatic rings. The lowest BCUT2D eigenvalue weighted by molar-refractivity contribution is -0.156. The van der Waals surface area contributed by atoms with E-state index in [1.165, 1.54) is 4.90 Å². The molecule has 6 atom stereocenters. The van der Waals surface area contributed by atoms with Crippen molar-refractivity contribution in [3.05, 3.63) is 0 Å². The molecule has 5 aliphatic rings. The van der Waals surface area contributed by atoms with Crippen molar-refractivity contribution in [1.29, 1.82) is 0 Å². The number of ketones is 1. The third kappa shape index (κ3) is 7.77. The summed E-state index contributed by atoms with van der Waals surface area (Å²) in [6, 6.07) is -4.56. The number of urea groups is 1. The number of hydrogen-bond acceptors (Lipinski definition) is 7. The highest BCUT2D eigenvalue weighted by atomic mass is 16.5. The summed E-state index contributed by atoms with van der Waals surface area (Å²) in [4.78, 5) is 81.2. The zero-order chi connectivity index (χ0) is 34.8. The van der Waals surface area contributed by atoms with Crippen LogP contribution in [0.4, 0.5) is 4.79 Å². The topological polar surface area (TPSA) is 177 Å². The van der Waals surface area contributed by atoms with E-state index in [0.717, 1.165) is 38.5 Å². The highest BCUT2D eigenvalue weighted by Gasteiger charge is 2.70. The number of likely N-dealkylation sites (tertiary alicyclic amines) is 1. The standard InChI is InChI=1S/C35H55N5O7/c1-33(2,3)26(38-32(46)39-27(34(4,5)6)31(45)47-25(18-11-12-18)19-13-14-19)30(44)40-16-20-22(35(20,7)8)23(40)29(43)37-21(15-17-9-10-17)24(41)28(36)42/h17-23,25-27H,9-16H2,1-8H3,(H2,36,42)(H,37,43)(H2,38,39,46)/t20-,21?,22-,23-,26+,27+/m0/s1. The maximum atomic E-state index is 14.3. The summed E-state index contributed by atoms with van der Waals surface area (Å²) in [7, 11) is 0. The number of Topliss-reactive ketones (excluding diaryl/α,β-unsaturated/α-hetero) is 1. The molecule has 5 amide bonds. The summed E-state index contributed by atoms with van der Waals surface area (Å²) in [6.07, 6.45) is 6.25. The van der Waals surface area contributed by atoms with Crippen LogP contribution < -0.4 is 21.7 Å². The third-order valence-electron chi connectivity index (χ3n) is 11.1. The number of amides is 5. The first kappa shape index (κ1) is 35.1. The number of fused-ring (bicyclic) bond motifs is 1. The fraction of sp³-hybridized carbons (Fsp3) is 0.829. The molecule has 12 nitrogen and oxygen atoms in total. The minimum absolute atomic E-state index is 0.0660. The van der Waals surface area contributed by atoms with Crippen molar-refractivity contribution >= 4 is 35.5 Å². The minimum Gasteiger partial charge on any atom is -0.460 e. The maximum absolute atomic E-state index is 14.3. The van der Waals surface area contributed by atoms with E-state index < -0.39 is 70.5 Å². The normalized spacial score (nSPS) is 26.8. The number of carbonyl (C=O) groups is 6. The summed E-state index contributed by atoms with van der Waals surface area (Å²) >= 11 is 0. The van der Waals surface area contributed by atoms with E-state index in [2.05, 4.69) is 29.8 Å². The van der Waals surface area contributed by atoms with Crippen molar-refractivity contribution in [2.75, 3.05) is 6.54 Å². The maximum Gasteiger partial charge on any atom is 0.329 e. The Kier molecular flexibility index (Phi) is 9.24. The average molecular weight is 658 g/mol. The van der Waals surface area contributed by atoms with Crippen LogP contribution in [0.2, 0.25) is 0 Å². The highest BCUT2D eigenvalue weighted by molar-refractivity contribution is 6.37. The van der Waals surface area contributed by atoms with Crippen molar-refractivity contribution in [3.63, 3.8) is 0 Å². The fourth-order valence-corrected chi connectivity index (χ4v) is 7.54. The second kappa shape index (κ2) is 12.4. The van der Waals surface area contributed by atoms with Gasteiger partial charge in [-0.05, 0) is 77.9 Å². The van der Waals surface area contributed by atoms with Crippen LogP contribution in [0, 0.1) is 45.8 Å². The van der Waals surface area contributed by atoms with E-state index in [1.54, 1.807) is 0 Å². The quantitative estimate of drug-likeness (QED) is 0.174. The number of hydrogen-bond donors (Lipinski definition) is 4. The highest BCUT2D eigenvalue weighted by Crippen LogP contribution is 2.65. The molecule has 4 saturated carbocycles. The molecule has 4 aliphatic carbocycles. The number of carbonyl (C=O) groups excluding carboxylic acids is 6. The van der Waals surface area contributed by atoms with Gasteiger partial charge in [0.1, 0.15) is 24.2 Å². The SMILES string of the molecule is CC(C)(C)[C@H](NC(=O)N[C@H](C(=O)N1C[C@H]2[C@@H]([C@H]1C(=O)NC(CC1CC1)C(=O)C(N)=O)C2(C)C)C(C)(C)C)C(=O)OC(C1CC1)C1CC1. The summed E-state index contributed by atoms with van der Waals surface area (Å²) in [6.45, 7) is 15.5. The van der Waals surface area contributed by atoms with Gasteiger partial charge in [0.15, 0.2) is 0 Å². The predicted molar refractivity (Wildman–Crippen MR) is 173 cm³/mol. The zero-order valence-corrected chi connectivity index (χ0v) is 29.3. The molecule has 1 aliphatic heterocycles. The molecular formula is C35H55N5O7.